The summed E-state index contributed by atoms with van der Waals surface area (Å²) in [6.07, 6.45) is 0. The minimum Gasteiger partial charge on any atom is -0.422 e. The topological polar surface area (TPSA) is 9.23 Å². The first kappa shape index (κ1) is 11.0. The maximum Gasteiger partial charge on any atom is 0.245 e. The summed E-state index contributed by atoms with van der Waals surface area (Å²) in [5.41, 5.74) is 1.35. The molecular formula is C12H13OSi. The summed E-state index contributed by atoms with van der Waals surface area (Å²) in [5.74, 6) is 0. The average Bonchev–Trinajstić information content (AvgIpc) is 2.20. The van der Waals surface area contributed by atoms with Crippen LogP contribution in [-0.2, 0) is 4.43 Å². The molecule has 0 aliphatic heterocycles. The SMILES string of the molecule is CO[Si].Cc1cccc2ccccc12. The molecule has 0 unspecified atom stereocenters. The second-order valence-corrected chi connectivity index (χ2v) is 3.41. The van der Waals surface area contributed by atoms with Crippen LogP contribution in [0.15, 0.2) is 42.5 Å². The zero-order valence-electron chi connectivity index (χ0n) is 8.45. The van der Waals surface area contributed by atoms with Gasteiger partial charge in [0, 0.05) is 7.11 Å². The highest BCUT2D eigenvalue weighted by Crippen LogP contribution is 2.16. The van der Waals surface area contributed by atoms with E-state index in [2.05, 4.69) is 64.3 Å². The predicted octanol–water partition coefficient (Wildman–Crippen LogP) is 2.86. The van der Waals surface area contributed by atoms with Crippen molar-refractivity contribution in [2.45, 2.75) is 6.92 Å². The Morgan fingerprint density at radius 1 is 1.00 bits per heavy atom. The molecule has 2 heteroatoms. The number of aryl methyl sites for hydroxylation is 1. The summed E-state index contributed by atoms with van der Waals surface area (Å²) in [7, 11) is 4.22. The lowest BCUT2D eigenvalue weighted by Crippen LogP contribution is -1.75. The van der Waals surface area contributed by atoms with Crippen molar-refractivity contribution in [3.63, 3.8) is 0 Å². The lowest BCUT2D eigenvalue weighted by Gasteiger charge is -1.98. The lowest BCUT2D eigenvalue weighted by atomic mass is 10.1. The van der Waals surface area contributed by atoms with E-state index in [4.69, 9.17) is 0 Å². The van der Waals surface area contributed by atoms with E-state index >= 15 is 0 Å². The van der Waals surface area contributed by atoms with Crippen LogP contribution >= 0.6 is 0 Å². The predicted molar refractivity (Wildman–Crippen MR) is 61.4 cm³/mol. The van der Waals surface area contributed by atoms with Crippen molar-refractivity contribution in [3.05, 3.63) is 48.0 Å². The van der Waals surface area contributed by atoms with Crippen LogP contribution in [0.2, 0.25) is 0 Å². The van der Waals surface area contributed by atoms with E-state index in [-0.39, 0.29) is 0 Å². The Morgan fingerprint density at radius 3 is 2.21 bits per heavy atom. The largest absolute Gasteiger partial charge is 0.422 e. The molecule has 0 N–H and O–H groups in total. The molecular weight excluding hydrogens is 188 g/mol. The summed E-state index contributed by atoms with van der Waals surface area (Å²) in [4.78, 5) is 0. The van der Waals surface area contributed by atoms with Crippen LogP contribution in [0.1, 0.15) is 5.56 Å². The van der Waals surface area contributed by atoms with Gasteiger partial charge in [-0.15, -0.1) is 0 Å². The fourth-order valence-electron chi connectivity index (χ4n) is 1.39. The maximum atomic E-state index is 4.06. The van der Waals surface area contributed by atoms with Gasteiger partial charge in [0.15, 0.2) is 0 Å². The van der Waals surface area contributed by atoms with E-state index < -0.39 is 0 Å². The lowest BCUT2D eigenvalue weighted by molar-refractivity contribution is 0.460. The van der Waals surface area contributed by atoms with Crippen molar-refractivity contribution >= 4 is 21.3 Å². The standard InChI is InChI=1S/C11H10.CH3OSi/c1-9-5-4-7-10-6-2-3-8-11(9)10;1-2-3/h2-8H,1H3;1H3. The molecule has 2 aromatic carbocycles. The average molecular weight is 201 g/mol. The zero-order chi connectivity index (χ0) is 10.4. The van der Waals surface area contributed by atoms with Gasteiger partial charge < -0.3 is 4.43 Å². The van der Waals surface area contributed by atoms with Crippen LogP contribution in [0.4, 0.5) is 0 Å². The van der Waals surface area contributed by atoms with Crippen molar-refractivity contribution in [3.8, 4) is 0 Å². The molecule has 2 rings (SSSR count). The Hall–Kier alpha value is -1.12. The van der Waals surface area contributed by atoms with Gasteiger partial charge in [0.05, 0.1) is 0 Å². The van der Waals surface area contributed by atoms with E-state index in [1.54, 1.807) is 0 Å². The Kier molecular flexibility index (Phi) is 4.36. The Morgan fingerprint density at radius 2 is 1.57 bits per heavy atom. The van der Waals surface area contributed by atoms with Crippen LogP contribution < -0.4 is 0 Å². The highest BCUT2D eigenvalue weighted by atomic mass is 28.2. The third-order valence-electron chi connectivity index (χ3n) is 2.01. The van der Waals surface area contributed by atoms with E-state index in [1.807, 2.05) is 0 Å². The van der Waals surface area contributed by atoms with Gasteiger partial charge in [0.25, 0.3) is 0 Å². The van der Waals surface area contributed by atoms with Crippen LogP contribution in [0.5, 0.6) is 0 Å². The molecule has 0 amide bonds. The monoisotopic (exact) mass is 201 g/mol. The first-order valence-electron chi connectivity index (χ1n) is 4.43. The van der Waals surface area contributed by atoms with Crippen LogP contribution in [0.3, 0.4) is 0 Å². The van der Waals surface area contributed by atoms with Gasteiger partial charge in [0.1, 0.15) is 0 Å². The summed E-state index contributed by atoms with van der Waals surface area (Å²) in [6.45, 7) is 2.14. The van der Waals surface area contributed by atoms with Crippen LogP contribution in [0, 0.1) is 6.92 Å². The number of hydrogen-bond donors (Lipinski definition) is 0. The highest BCUT2D eigenvalue weighted by molar-refractivity contribution is 5.97. The minimum absolute atomic E-state index is 1.33. The zero-order valence-corrected chi connectivity index (χ0v) is 9.45. The van der Waals surface area contributed by atoms with Gasteiger partial charge in [0.2, 0.25) is 10.5 Å². The van der Waals surface area contributed by atoms with E-state index in [9.17, 15) is 0 Å². The molecule has 0 aliphatic carbocycles. The molecule has 1 nitrogen and oxygen atoms in total. The van der Waals surface area contributed by atoms with Crippen molar-refractivity contribution in [1.29, 1.82) is 0 Å². The fraction of sp³-hybridized carbons (Fsp3) is 0.167. The third-order valence-corrected chi connectivity index (χ3v) is 2.01. The fourth-order valence-corrected chi connectivity index (χ4v) is 1.39. The Labute approximate surface area is 88.3 Å². The van der Waals surface area contributed by atoms with Crippen molar-refractivity contribution < 1.29 is 4.43 Å². The summed E-state index contributed by atoms with van der Waals surface area (Å²) >= 11 is 0. The van der Waals surface area contributed by atoms with Crippen LogP contribution in [-0.4, -0.2) is 17.6 Å². The van der Waals surface area contributed by atoms with Gasteiger partial charge in [-0.1, -0.05) is 42.5 Å². The first-order chi connectivity index (χ1) is 6.79. The molecule has 0 atom stereocenters. The molecule has 14 heavy (non-hydrogen) atoms. The second kappa shape index (κ2) is 5.57. The molecule has 0 aromatic heterocycles. The van der Waals surface area contributed by atoms with Crippen molar-refractivity contribution in [2.75, 3.05) is 7.11 Å². The third kappa shape index (κ3) is 2.69. The number of rotatable bonds is 0. The molecule has 0 fully saturated rings. The molecule has 0 heterocycles. The Balaban J connectivity index is 0.000000293. The summed E-state index contributed by atoms with van der Waals surface area (Å²) < 4.78 is 4.06. The van der Waals surface area contributed by atoms with Crippen LogP contribution in [0.25, 0.3) is 10.8 Å². The van der Waals surface area contributed by atoms with Gasteiger partial charge in [-0.2, -0.15) is 0 Å². The summed E-state index contributed by atoms with van der Waals surface area (Å²) in [5, 5.41) is 2.68. The molecule has 0 spiro atoms. The smallest absolute Gasteiger partial charge is 0.245 e. The molecule has 3 radical (unpaired) electrons. The number of fused-ring (bicyclic) bond motifs is 1. The number of hydrogen-bond acceptors (Lipinski definition) is 1. The number of benzene rings is 2. The molecule has 0 saturated carbocycles. The minimum atomic E-state index is 1.33. The quantitative estimate of drug-likeness (QED) is 0.596. The van der Waals surface area contributed by atoms with Gasteiger partial charge in [-0.05, 0) is 23.3 Å². The molecule has 0 bridgehead atoms. The highest BCUT2D eigenvalue weighted by Gasteiger charge is 1.91. The van der Waals surface area contributed by atoms with E-state index in [1.165, 1.54) is 23.4 Å². The van der Waals surface area contributed by atoms with Gasteiger partial charge >= 0.3 is 0 Å². The molecule has 2 aromatic rings. The van der Waals surface area contributed by atoms with E-state index in [0.717, 1.165) is 0 Å². The molecule has 0 aliphatic rings. The van der Waals surface area contributed by atoms with Gasteiger partial charge in [-0.3, -0.25) is 0 Å². The van der Waals surface area contributed by atoms with Gasteiger partial charge in [-0.25, -0.2) is 0 Å². The molecule has 71 valence electrons. The normalized spacial score (nSPS) is 9.36. The van der Waals surface area contributed by atoms with Crippen molar-refractivity contribution in [2.24, 2.45) is 0 Å². The van der Waals surface area contributed by atoms with Crippen molar-refractivity contribution in [1.82, 2.24) is 0 Å². The maximum absolute atomic E-state index is 4.06. The van der Waals surface area contributed by atoms with E-state index in [0.29, 0.717) is 0 Å². The Bertz CT molecular complexity index is 393. The second-order valence-electron chi connectivity index (χ2n) is 3.00. The first-order valence-corrected chi connectivity index (χ1v) is 4.84. The summed E-state index contributed by atoms with van der Waals surface area (Å²) in [6, 6.07) is 14.8. The molecule has 0 saturated heterocycles.